The van der Waals surface area contributed by atoms with Gasteiger partial charge in [0.2, 0.25) is 0 Å². The first kappa shape index (κ1) is 31.0. The minimum absolute atomic E-state index is 0.617. The molecule has 0 fully saturated rings. The number of rotatable bonds is 4. The first-order valence-corrected chi connectivity index (χ1v) is 18.6. The summed E-state index contributed by atoms with van der Waals surface area (Å²) in [5.41, 5.74) is 15.0. The lowest BCUT2D eigenvalue weighted by molar-refractivity contribution is 0.871. The van der Waals surface area contributed by atoms with Crippen LogP contribution in [0, 0.1) is 22.7 Å². The van der Waals surface area contributed by atoms with Gasteiger partial charge in [0.15, 0.2) is 0 Å². The van der Waals surface area contributed by atoms with Gasteiger partial charge in [-0.25, -0.2) is 0 Å². The van der Waals surface area contributed by atoms with Crippen LogP contribution in [0.2, 0.25) is 0 Å². The molecule has 0 amide bonds. The quantitative estimate of drug-likeness (QED) is 0.183. The van der Waals surface area contributed by atoms with Crippen LogP contribution >= 0.6 is 0 Å². The van der Waals surface area contributed by atoms with Crippen molar-refractivity contribution in [1.29, 1.82) is 10.5 Å². The molecular formula is C50H31N5. The minimum Gasteiger partial charge on any atom is -0.313 e. The molecule has 1 aliphatic carbocycles. The predicted molar refractivity (Wildman–Crippen MR) is 224 cm³/mol. The molecule has 10 aromatic rings. The Morgan fingerprint density at radius 3 is 1.51 bits per heavy atom. The maximum absolute atomic E-state index is 9.69. The number of benzene rings is 7. The standard InChI is InChI=1S/C50H31N5/c51-30-32-14-22-47-41(26-32)42-27-33(31-52)15-23-48(42)55(47)38-20-18-37(19-21-38)54-46-13-7-5-11-40(46)44-29-35(17-25-50(44)54)34-16-24-49-43(28-34)39-10-4-6-12-45(39)53(49)36-8-2-1-3-9-36/h1-14,16-22,24-29H,15,23H2. The van der Waals surface area contributed by atoms with Gasteiger partial charge < -0.3 is 13.7 Å². The third-order valence-corrected chi connectivity index (χ3v) is 11.4. The van der Waals surface area contributed by atoms with Crippen LogP contribution in [0.15, 0.2) is 163 Å². The first-order chi connectivity index (χ1) is 27.2. The van der Waals surface area contributed by atoms with E-state index in [2.05, 4.69) is 165 Å². The third-order valence-electron chi connectivity index (χ3n) is 11.4. The lowest BCUT2D eigenvalue weighted by Crippen LogP contribution is -2.05. The topological polar surface area (TPSA) is 62.4 Å². The van der Waals surface area contributed by atoms with Crippen LogP contribution in [0.1, 0.15) is 23.2 Å². The van der Waals surface area contributed by atoms with Crippen LogP contribution in [0.3, 0.4) is 0 Å². The first-order valence-electron chi connectivity index (χ1n) is 18.6. The SMILES string of the molecule is N#CC1=Cc2c(n(-c3ccc(-n4c5ccccc5c5cc(-c6ccc7c(c6)c6ccccc6n7-c6ccccc6)ccc54)cc3)c3ccc(C#N)cc23)CC1. The molecule has 0 aliphatic heterocycles. The van der Waals surface area contributed by atoms with E-state index in [1.165, 1.54) is 49.4 Å². The number of nitriles is 2. The summed E-state index contributed by atoms with van der Waals surface area (Å²) < 4.78 is 7.02. The Balaban J connectivity index is 1.03. The van der Waals surface area contributed by atoms with Gasteiger partial charge in [-0.3, -0.25) is 0 Å². The number of allylic oxidation sites excluding steroid dienone is 1. The van der Waals surface area contributed by atoms with Crippen molar-refractivity contribution in [1.82, 2.24) is 13.7 Å². The molecule has 55 heavy (non-hydrogen) atoms. The number of hydrogen-bond acceptors (Lipinski definition) is 2. The molecule has 0 saturated carbocycles. The lowest BCUT2D eigenvalue weighted by atomic mass is 9.96. The highest BCUT2D eigenvalue weighted by molar-refractivity contribution is 6.12. The van der Waals surface area contributed by atoms with E-state index in [0.29, 0.717) is 12.0 Å². The molecule has 256 valence electrons. The average Bonchev–Trinajstić information content (AvgIpc) is 3.88. The smallest absolute Gasteiger partial charge is 0.0991 e. The van der Waals surface area contributed by atoms with Gasteiger partial charge in [-0.15, -0.1) is 0 Å². The summed E-state index contributed by atoms with van der Waals surface area (Å²) in [6.07, 6.45) is 3.47. The summed E-state index contributed by atoms with van der Waals surface area (Å²) in [5, 5.41) is 25.2. The highest BCUT2D eigenvalue weighted by Gasteiger charge is 2.22. The highest BCUT2D eigenvalue weighted by Crippen LogP contribution is 2.40. The summed E-state index contributed by atoms with van der Waals surface area (Å²) >= 11 is 0. The van der Waals surface area contributed by atoms with Crippen LogP contribution in [0.25, 0.3) is 88.8 Å². The van der Waals surface area contributed by atoms with Gasteiger partial charge in [-0.05, 0) is 121 Å². The molecule has 0 saturated heterocycles. The van der Waals surface area contributed by atoms with Gasteiger partial charge in [0.1, 0.15) is 0 Å². The Morgan fingerprint density at radius 2 is 0.909 bits per heavy atom. The van der Waals surface area contributed by atoms with Gasteiger partial charge in [0.05, 0.1) is 45.3 Å². The van der Waals surface area contributed by atoms with E-state index in [9.17, 15) is 10.5 Å². The molecule has 0 atom stereocenters. The third kappa shape index (κ3) is 4.64. The maximum Gasteiger partial charge on any atom is 0.0991 e. The van der Waals surface area contributed by atoms with Crippen molar-refractivity contribution >= 4 is 60.6 Å². The molecule has 5 heteroatoms. The number of para-hydroxylation sites is 3. The van der Waals surface area contributed by atoms with Crippen LogP contribution in [-0.4, -0.2) is 13.7 Å². The summed E-state index contributed by atoms with van der Waals surface area (Å²) in [6, 6.07) is 60.9. The van der Waals surface area contributed by atoms with Gasteiger partial charge in [-0.2, -0.15) is 10.5 Å². The molecule has 0 bridgehead atoms. The number of aromatic nitrogens is 3. The minimum atomic E-state index is 0.617. The van der Waals surface area contributed by atoms with Crippen molar-refractivity contribution in [2.24, 2.45) is 0 Å². The molecule has 0 unspecified atom stereocenters. The second-order valence-corrected chi connectivity index (χ2v) is 14.3. The zero-order valence-corrected chi connectivity index (χ0v) is 29.7. The van der Waals surface area contributed by atoms with Crippen LogP contribution in [0.5, 0.6) is 0 Å². The van der Waals surface area contributed by atoms with Gasteiger partial charge >= 0.3 is 0 Å². The Labute approximate surface area is 317 Å². The van der Waals surface area contributed by atoms with Crippen molar-refractivity contribution in [2.75, 3.05) is 0 Å². The fourth-order valence-electron chi connectivity index (χ4n) is 8.92. The number of nitrogens with zero attached hydrogens (tertiary/aromatic N) is 5. The van der Waals surface area contributed by atoms with Crippen molar-refractivity contribution < 1.29 is 0 Å². The Morgan fingerprint density at radius 1 is 0.400 bits per heavy atom. The molecule has 5 nitrogen and oxygen atoms in total. The zero-order chi connectivity index (χ0) is 36.6. The monoisotopic (exact) mass is 701 g/mol. The lowest BCUT2D eigenvalue weighted by Gasteiger charge is -2.15. The molecule has 11 rings (SSSR count). The van der Waals surface area contributed by atoms with Crippen LogP contribution < -0.4 is 0 Å². The van der Waals surface area contributed by atoms with Gasteiger partial charge in [-0.1, -0.05) is 66.7 Å². The average molecular weight is 702 g/mol. The van der Waals surface area contributed by atoms with E-state index < -0.39 is 0 Å². The normalized spacial score (nSPS) is 12.7. The zero-order valence-electron chi connectivity index (χ0n) is 29.7. The fourth-order valence-corrected chi connectivity index (χ4v) is 8.92. The predicted octanol–water partition coefficient (Wildman–Crippen LogP) is 12.2. The Bertz CT molecular complexity index is 3320. The van der Waals surface area contributed by atoms with Crippen molar-refractivity contribution in [3.8, 4) is 40.3 Å². The Hall–Kier alpha value is -7.60. The second-order valence-electron chi connectivity index (χ2n) is 14.3. The van der Waals surface area contributed by atoms with E-state index in [1.54, 1.807) is 0 Å². The van der Waals surface area contributed by atoms with Crippen molar-refractivity contribution in [3.63, 3.8) is 0 Å². The molecule has 7 aromatic carbocycles. The second kappa shape index (κ2) is 12.0. The van der Waals surface area contributed by atoms with Crippen LogP contribution in [0.4, 0.5) is 0 Å². The number of fused-ring (bicyclic) bond motifs is 9. The molecule has 3 heterocycles. The highest BCUT2D eigenvalue weighted by atomic mass is 15.0. The van der Waals surface area contributed by atoms with Gasteiger partial charge in [0.25, 0.3) is 0 Å². The molecular weight excluding hydrogens is 671 g/mol. The summed E-state index contributed by atoms with van der Waals surface area (Å²) in [4.78, 5) is 0. The summed E-state index contributed by atoms with van der Waals surface area (Å²) in [6.45, 7) is 0. The molecule has 1 aliphatic rings. The largest absolute Gasteiger partial charge is 0.313 e. The maximum atomic E-state index is 9.69. The van der Waals surface area contributed by atoms with Gasteiger partial charge in [0, 0.05) is 60.8 Å². The summed E-state index contributed by atoms with van der Waals surface area (Å²) in [5.74, 6) is 0. The van der Waals surface area contributed by atoms with Crippen LogP contribution in [-0.2, 0) is 6.42 Å². The Kier molecular flexibility index (Phi) is 6.74. The van der Waals surface area contributed by atoms with Crippen molar-refractivity contribution in [3.05, 3.63) is 180 Å². The molecule has 0 spiro atoms. The van der Waals surface area contributed by atoms with E-state index in [0.717, 1.165) is 56.6 Å². The molecule has 3 aromatic heterocycles. The van der Waals surface area contributed by atoms with E-state index >= 15 is 0 Å². The fraction of sp³-hybridized carbons (Fsp3) is 0.0400. The van der Waals surface area contributed by atoms with E-state index in [1.807, 2.05) is 24.3 Å². The molecule has 0 N–H and O–H groups in total. The summed E-state index contributed by atoms with van der Waals surface area (Å²) in [7, 11) is 0. The van der Waals surface area contributed by atoms with E-state index in [4.69, 9.17) is 0 Å². The molecule has 0 radical (unpaired) electrons. The number of hydrogen-bond donors (Lipinski definition) is 0. The van der Waals surface area contributed by atoms with Crippen molar-refractivity contribution in [2.45, 2.75) is 12.8 Å². The van der Waals surface area contributed by atoms with E-state index in [-0.39, 0.29) is 0 Å².